The van der Waals surface area contributed by atoms with E-state index in [1.165, 1.54) is 19.4 Å². The maximum atomic E-state index is 12.7. The molecule has 2 radical (unpaired) electrons. The van der Waals surface area contributed by atoms with Gasteiger partial charge in [-0.05, 0) is 56.5 Å². The molecule has 1 amide bonds. The molecular formula is C18H26N2O2. The predicted molar refractivity (Wildman–Crippen MR) is 88.0 cm³/mol. The molecule has 2 aliphatic heterocycles. The minimum atomic E-state index is 0. The Morgan fingerprint density at radius 1 is 1.18 bits per heavy atom. The molecule has 22 heavy (non-hydrogen) atoms. The molecule has 1 aromatic carbocycles. The van der Waals surface area contributed by atoms with Gasteiger partial charge in [0.2, 0.25) is 0 Å². The summed E-state index contributed by atoms with van der Waals surface area (Å²) in [6, 6.07) is 7.53. The van der Waals surface area contributed by atoms with Crippen molar-refractivity contribution in [3.8, 4) is 5.75 Å². The summed E-state index contributed by atoms with van der Waals surface area (Å²) in [6.07, 6.45) is 2.53. The van der Waals surface area contributed by atoms with E-state index in [2.05, 4.69) is 4.90 Å². The number of amides is 1. The molecule has 0 saturated carbocycles. The Hall–Kier alpha value is -1.55. The van der Waals surface area contributed by atoms with Gasteiger partial charge in [0.1, 0.15) is 5.75 Å². The lowest BCUT2D eigenvalue weighted by Crippen LogP contribution is -2.36. The number of hydrogen-bond acceptors (Lipinski definition) is 3. The minimum absolute atomic E-state index is 0. The second kappa shape index (κ2) is 7.63. The maximum Gasteiger partial charge on any atom is 0.253 e. The summed E-state index contributed by atoms with van der Waals surface area (Å²) in [6.45, 7) is 7.74. The fourth-order valence-corrected chi connectivity index (χ4v) is 3.40. The molecule has 2 atom stereocenters. The normalized spacial score (nSPS) is 24.1. The zero-order valence-corrected chi connectivity index (χ0v) is 13.5. The fourth-order valence-electron chi connectivity index (χ4n) is 3.40. The van der Waals surface area contributed by atoms with Gasteiger partial charge in [0.25, 0.3) is 5.91 Å². The van der Waals surface area contributed by atoms with E-state index >= 15 is 0 Å². The molecule has 3 rings (SSSR count). The molecular weight excluding hydrogens is 276 g/mol. The van der Waals surface area contributed by atoms with Crippen LogP contribution < -0.4 is 4.74 Å². The van der Waals surface area contributed by atoms with E-state index in [0.717, 1.165) is 37.5 Å². The molecule has 0 aliphatic carbocycles. The Morgan fingerprint density at radius 2 is 1.95 bits per heavy atom. The van der Waals surface area contributed by atoms with Crippen LogP contribution >= 0.6 is 0 Å². The number of carbonyl (C=O) groups excluding carboxylic acids is 1. The topological polar surface area (TPSA) is 32.8 Å². The third-order valence-electron chi connectivity index (χ3n) is 4.47. The Morgan fingerprint density at radius 3 is 2.68 bits per heavy atom. The van der Waals surface area contributed by atoms with Gasteiger partial charge < -0.3 is 14.5 Å². The first-order valence-corrected chi connectivity index (χ1v) is 8.00. The van der Waals surface area contributed by atoms with Crippen molar-refractivity contribution in [2.24, 2.45) is 5.92 Å². The lowest BCUT2D eigenvalue weighted by atomic mass is 9.98. The van der Waals surface area contributed by atoms with E-state index in [9.17, 15) is 4.79 Å². The van der Waals surface area contributed by atoms with Crippen LogP contribution in [0, 0.1) is 13.3 Å². The van der Waals surface area contributed by atoms with E-state index in [1.807, 2.05) is 36.1 Å². The van der Waals surface area contributed by atoms with Gasteiger partial charge in [-0.1, -0.05) is 7.43 Å². The largest absolute Gasteiger partial charge is 0.494 e. The molecule has 4 heteroatoms. The van der Waals surface area contributed by atoms with E-state index in [0.29, 0.717) is 12.5 Å². The van der Waals surface area contributed by atoms with Crippen LogP contribution in [0.3, 0.4) is 0 Å². The summed E-state index contributed by atoms with van der Waals surface area (Å²) >= 11 is 0. The molecule has 0 spiro atoms. The molecule has 0 aromatic heterocycles. The maximum absolute atomic E-state index is 12.7. The molecule has 2 aliphatic rings. The van der Waals surface area contributed by atoms with E-state index in [4.69, 9.17) is 4.74 Å². The van der Waals surface area contributed by atoms with E-state index in [-0.39, 0.29) is 13.3 Å². The van der Waals surface area contributed by atoms with Crippen LogP contribution in [-0.2, 0) is 0 Å². The molecule has 2 fully saturated rings. The third-order valence-corrected chi connectivity index (χ3v) is 4.47. The number of carbonyl (C=O) groups is 1. The Kier molecular flexibility index (Phi) is 5.83. The summed E-state index contributed by atoms with van der Waals surface area (Å²) < 4.78 is 5.43. The Balaban J connectivity index is 0.00000176. The number of benzene rings is 1. The highest BCUT2D eigenvalue weighted by molar-refractivity contribution is 5.94. The van der Waals surface area contributed by atoms with Crippen LogP contribution in [0.5, 0.6) is 5.75 Å². The van der Waals surface area contributed by atoms with Gasteiger partial charge in [0, 0.05) is 31.7 Å². The minimum Gasteiger partial charge on any atom is -0.494 e. The summed E-state index contributed by atoms with van der Waals surface area (Å²) in [4.78, 5) is 17.2. The van der Waals surface area contributed by atoms with Gasteiger partial charge in [-0.2, -0.15) is 0 Å². The Bertz CT molecular complexity index is 486. The second-order valence-electron chi connectivity index (χ2n) is 6.02. The number of piperidine rings is 1. The lowest BCUT2D eigenvalue weighted by Gasteiger charge is -2.29. The van der Waals surface area contributed by atoms with Crippen molar-refractivity contribution in [3.05, 3.63) is 37.3 Å². The van der Waals surface area contributed by atoms with Crippen LogP contribution in [0.15, 0.2) is 24.3 Å². The predicted octanol–water partition coefficient (Wildman–Crippen LogP) is 2.58. The van der Waals surface area contributed by atoms with Crippen molar-refractivity contribution >= 4 is 5.91 Å². The van der Waals surface area contributed by atoms with Crippen molar-refractivity contribution in [2.75, 3.05) is 39.3 Å². The first-order chi connectivity index (χ1) is 10.3. The van der Waals surface area contributed by atoms with Crippen molar-refractivity contribution in [3.63, 3.8) is 0 Å². The summed E-state index contributed by atoms with van der Waals surface area (Å²) in [7, 11) is 0. The molecule has 4 nitrogen and oxygen atoms in total. The van der Waals surface area contributed by atoms with Crippen molar-refractivity contribution < 1.29 is 9.53 Å². The van der Waals surface area contributed by atoms with Crippen molar-refractivity contribution in [1.82, 2.24) is 9.80 Å². The van der Waals surface area contributed by atoms with E-state index < -0.39 is 0 Å². The van der Waals surface area contributed by atoms with Crippen LogP contribution in [0.2, 0.25) is 0 Å². The summed E-state index contributed by atoms with van der Waals surface area (Å²) in [5.74, 6) is 1.63. The average molecular weight is 302 g/mol. The number of hydrogen-bond donors (Lipinski definition) is 0. The lowest BCUT2D eigenvalue weighted by molar-refractivity contribution is 0.0746. The highest BCUT2D eigenvalue weighted by Crippen LogP contribution is 2.22. The number of fused-ring (bicyclic) bond motifs is 2. The van der Waals surface area contributed by atoms with Crippen LogP contribution in [-0.4, -0.2) is 55.0 Å². The van der Waals surface area contributed by atoms with Gasteiger partial charge in [0.05, 0.1) is 6.61 Å². The number of rotatable bonds is 3. The van der Waals surface area contributed by atoms with Gasteiger partial charge in [-0.25, -0.2) is 0 Å². The first-order valence-electron chi connectivity index (χ1n) is 8.00. The fraction of sp³-hybridized carbons (Fsp3) is 0.556. The molecule has 2 saturated heterocycles. The molecule has 120 valence electrons. The number of nitrogens with zero attached hydrogens (tertiary/aromatic N) is 2. The average Bonchev–Trinajstić information content (AvgIpc) is 2.66. The van der Waals surface area contributed by atoms with Gasteiger partial charge in [0.15, 0.2) is 0 Å². The molecule has 2 unspecified atom stereocenters. The summed E-state index contributed by atoms with van der Waals surface area (Å²) in [5.41, 5.74) is 0.768. The van der Waals surface area contributed by atoms with Crippen molar-refractivity contribution in [1.29, 1.82) is 0 Å². The molecule has 2 heterocycles. The van der Waals surface area contributed by atoms with Crippen LogP contribution in [0.1, 0.15) is 30.1 Å². The monoisotopic (exact) mass is 302 g/mol. The van der Waals surface area contributed by atoms with Crippen LogP contribution in [0.25, 0.3) is 0 Å². The highest BCUT2D eigenvalue weighted by Gasteiger charge is 2.28. The van der Waals surface area contributed by atoms with Crippen LogP contribution in [0.4, 0.5) is 0 Å². The Labute approximate surface area is 134 Å². The summed E-state index contributed by atoms with van der Waals surface area (Å²) in [5, 5.41) is 0. The molecule has 1 aromatic rings. The third kappa shape index (κ3) is 3.80. The second-order valence-corrected chi connectivity index (χ2v) is 6.02. The van der Waals surface area contributed by atoms with Crippen molar-refractivity contribution in [2.45, 2.75) is 19.8 Å². The quantitative estimate of drug-likeness (QED) is 0.860. The molecule has 0 N–H and O–H groups in total. The van der Waals surface area contributed by atoms with Gasteiger partial charge >= 0.3 is 0 Å². The first kappa shape index (κ1) is 16.8. The standard InChI is InChI=1S/C17H24N2O2.CH2/c1-2-21-16-7-5-15(6-8-16)17(20)19-11-10-18-9-3-4-14(12-18)13-19;/h5-8,14H,2-4,9-13H2,1H3;1H2. The number of ether oxygens (including phenoxy) is 1. The SMILES string of the molecule is CCOc1ccc(C(=O)N2CCN3CCCC(C3)C2)cc1.[CH2]. The highest BCUT2D eigenvalue weighted by atomic mass is 16.5. The molecule has 2 bridgehead atoms. The van der Waals surface area contributed by atoms with E-state index in [1.54, 1.807) is 0 Å². The van der Waals surface area contributed by atoms with Gasteiger partial charge in [-0.3, -0.25) is 4.79 Å². The van der Waals surface area contributed by atoms with Gasteiger partial charge in [-0.15, -0.1) is 0 Å². The smallest absolute Gasteiger partial charge is 0.253 e. The zero-order chi connectivity index (χ0) is 14.7. The zero-order valence-electron chi connectivity index (χ0n) is 13.5.